The predicted molar refractivity (Wildman–Crippen MR) is 148 cm³/mol. The number of benzene rings is 3. The lowest BCUT2D eigenvalue weighted by atomic mass is 10.0. The van der Waals surface area contributed by atoms with Crippen molar-refractivity contribution in [1.29, 1.82) is 5.26 Å². The molecule has 37 heavy (non-hydrogen) atoms. The van der Waals surface area contributed by atoms with Crippen LogP contribution in [0.1, 0.15) is 18.9 Å². The van der Waals surface area contributed by atoms with Crippen LogP contribution < -0.4 is 15.5 Å². The minimum absolute atomic E-state index is 0.0339. The summed E-state index contributed by atoms with van der Waals surface area (Å²) in [5, 5.41) is 15.9. The average molecular weight is 536 g/mol. The van der Waals surface area contributed by atoms with E-state index >= 15 is 0 Å². The van der Waals surface area contributed by atoms with Gasteiger partial charge in [0.2, 0.25) is 5.91 Å². The Bertz CT molecular complexity index is 1300. The molecule has 3 aromatic carbocycles. The molecule has 0 radical (unpaired) electrons. The number of rotatable bonds is 7. The van der Waals surface area contributed by atoms with E-state index in [-0.39, 0.29) is 18.0 Å². The molecule has 7 nitrogen and oxygen atoms in total. The zero-order chi connectivity index (χ0) is 26.4. The van der Waals surface area contributed by atoms with Crippen molar-refractivity contribution < 1.29 is 9.59 Å². The van der Waals surface area contributed by atoms with E-state index in [4.69, 9.17) is 23.2 Å². The highest BCUT2D eigenvalue weighted by molar-refractivity contribution is 6.35. The first-order chi connectivity index (χ1) is 17.8. The molecule has 1 fully saturated rings. The van der Waals surface area contributed by atoms with Gasteiger partial charge in [0.25, 0.3) is 0 Å². The van der Waals surface area contributed by atoms with Crippen LogP contribution in [0.3, 0.4) is 0 Å². The second-order valence-corrected chi connectivity index (χ2v) is 9.84. The van der Waals surface area contributed by atoms with Gasteiger partial charge in [-0.05, 0) is 60.0 Å². The Hall–Kier alpha value is -3.57. The lowest BCUT2D eigenvalue weighted by Gasteiger charge is -2.26. The Morgan fingerprint density at radius 1 is 1.05 bits per heavy atom. The molecule has 1 atom stereocenters. The number of anilines is 2. The van der Waals surface area contributed by atoms with Crippen LogP contribution in [0.5, 0.6) is 0 Å². The maximum atomic E-state index is 13.4. The van der Waals surface area contributed by atoms with Gasteiger partial charge in [0.05, 0.1) is 11.6 Å². The molecule has 4 rings (SSSR count). The number of hydrogen-bond donors (Lipinski definition) is 2. The maximum absolute atomic E-state index is 13.4. The quantitative estimate of drug-likeness (QED) is 0.401. The molecule has 0 spiro atoms. The Balaban J connectivity index is 1.53. The number of hydrogen-bond acceptors (Lipinski definition) is 4. The van der Waals surface area contributed by atoms with Gasteiger partial charge in [-0.3, -0.25) is 14.6 Å². The van der Waals surface area contributed by atoms with Crippen molar-refractivity contribution in [2.24, 2.45) is 0 Å². The lowest BCUT2D eigenvalue weighted by molar-refractivity contribution is -0.119. The molecular formula is C28H27Cl2N5O2. The summed E-state index contributed by atoms with van der Waals surface area (Å²) in [6, 6.07) is 21.9. The Morgan fingerprint density at radius 3 is 2.46 bits per heavy atom. The summed E-state index contributed by atoms with van der Waals surface area (Å²) < 4.78 is 0. The summed E-state index contributed by atoms with van der Waals surface area (Å²) >= 11 is 12.2. The molecule has 0 aliphatic carbocycles. The van der Waals surface area contributed by atoms with Crippen LogP contribution in [-0.2, 0) is 4.79 Å². The summed E-state index contributed by atoms with van der Waals surface area (Å²) in [6.45, 7) is 4.20. The van der Waals surface area contributed by atoms with E-state index in [0.717, 1.165) is 36.3 Å². The Labute approximate surface area is 226 Å². The Morgan fingerprint density at radius 2 is 1.78 bits per heavy atom. The number of nitrogens with one attached hydrogen (secondary N) is 2. The third-order valence-electron chi connectivity index (χ3n) is 6.18. The van der Waals surface area contributed by atoms with Crippen LogP contribution in [0.2, 0.25) is 10.0 Å². The first-order valence-electron chi connectivity index (χ1n) is 12.0. The first-order valence-corrected chi connectivity index (χ1v) is 12.7. The molecule has 1 saturated heterocycles. The fraction of sp³-hybridized carbons (Fsp3) is 0.250. The van der Waals surface area contributed by atoms with Crippen molar-refractivity contribution in [2.45, 2.75) is 19.4 Å². The molecule has 1 aliphatic heterocycles. The van der Waals surface area contributed by atoms with Crippen molar-refractivity contribution in [2.75, 3.05) is 36.4 Å². The smallest absolute Gasteiger partial charge is 0.326 e. The van der Waals surface area contributed by atoms with Gasteiger partial charge in [0.15, 0.2) is 0 Å². The van der Waals surface area contributed by atoms with Crippen LogP contribution in [0.25, 0.3) is 11.1 Å². The number of amides is 3. The average Bonchev–Trinajstić information content (AvgIpc) is 3.30. The molecular weight excluding hydrogens is 509 g/mol. The molecule has 0 aromatic heterocycles. The van der Waals surface area contributed by atoms with Gasteiger partial charge in [0.1, 0.15) is 0 Å². The largest absolute Gasteiger partial charge is 0.352 e. The minimum Gasteiger partial charge on any atom is -0.352 e. The van der Waals surface area contributed by atoms with E-state index in [1.807, 2.05) is 42.5 Å². The van der Waals surface area contributed by atoms with E-state index in [2.05, 4.69) is 21.6 Å². The first kappa shape index (κ1) is 26.5. The number of likely N-dealkylation sites (tertiary alicyclic amines) is 1. The van der Waals surface area contributed by atoms with E-state index in [0.29, 0.717) is 34.4 Å². The molecule has 3 amide bonds. The molecule has 190 valence electrons. The van der Waals surface area contributed by atoms with Crippen LogP contribution in [0, 0.1) is 11.3 Å². The SMILES string of the molecule is CC(=O)NC1CCN(CCN(C(=O)Nc2cc(Cl)cc(Cl)c2)c2ccc(-c3cccc(C#N)c3)cc2)C1. The summed E-state index contributed by atoms with van der Waals surface area (Å²) in [6.07, 6.45) is 0.878. The van der Waals surface area contributed by atoms with Crippen LogP contribution in [0.15, 0.2) is 66.7 Å². The molecule has 3 aromatic rings. The van der Waals surface area contributed by atoms with Gasteiger partial charge in [-0.1, -0.05) is 47.5 Å². The third kappa shape index (κ3) is 7.23. The van der Waals surface area contributed by atoms with E-state index in [1.165, 1.54) is 6.92 Å². The van der Waals surface area contributed by atoms with Gasteiger partial charge >= 0.3 is 6.03 Å². The van der Waals surface area contributed by atoms with Crippen molar-refractivity contribution in [3.8, 4) is 17.2 Å². The topological polar surface area (TPSA) is 88.5 Å². The molecule has 9 heteroatoms. The highest BCUT2D eigenvalue weighted by atomic mass is 35.5. The van der Waals surface area contributed by atoms with Gasteiger partial charge in [-0.25, -0.2) is 4.79 Å². The monoisotopic (exact) mass is 535 g/mol. The van der Waals surface area contributed by atoms with Crippen molar-refractivity contribution in [3.63, 3.8) is 0 Å². The van der Waals surface area contributed by atoms with Crippen LogP contribution in [0.4, 0.5) is 16.2 Å². The highest BCUT2D eigenvalue weighted by Crippen LogP contribution is 2.26. The number of nitriles is 1. The van der Waals surface area contributed by atoms with Crippen LogP contribution in [-0.4, -0.2) is 49.1 Å². The second-order valence-electron chi connectivity index (χ2n) is 8.97. The van der Waals surface area contributed by atoms with E-state index in [9.17, 15) is 14.9 Å². The summed E-state index contributed by atoms with van der Waals surface area (Å²) in [5.41, 5.74) is 3.69. The summed E-state index contributed by atoms with van der Waals surface area (Å²) in [7, 11) is 0. The van der Waals surface area contributed by atoms with E-state index < -0.39 is 0 Å². The summed E-state index contributed by atoms with van der Waals surface area (Å²) in [4.78, 5) is 28.7. The molecule has 2 N–H and O–H groups in total. The number of halogens is 2. The van der Waals surface area contributed by atoms with Crippen molar-refractivity contribution in [3.05, 3.63) is 82.3 Å². The zero-order valence-corrected chi connectivity index (χ0v) is 21.9. The lowest BCUT2D eigenvalue weighted by Crippen LogP contribution is -2.42. The van der Waals surface area contributed by atoms with E-state index in [1.54, 1.807) is 29.2 Å². The second kappa shape index (κ2) is 12.1. The van der Waals surface area contributed by atoms with Gasteiger partial charge in [-0.2, -0.15) is 5.26 Å². The molecule has 0 saturated carbocycles. The molecule has 1 heterocycles. The fourth-order valence-electron chi connectivity index (χ4n) is 4.45. The highest BCUT2D eigenvalue weighted by Gasteiger charge is 2.25. The van der Waals surface area contributed by atoms with Crippen LogP contribution >= 0.6 is 23.2 Å². The number of urea groups is 1. The van der Waals surface area contributed by atoms with Gasteiger partial charge in [0, 0.05) is 60.6 Å². The van der Waals surface area contributed by atoms with Crippen molar-refractivity contribution in [1.82, 2.24) is 10.2 Å². The third-order valence-corrected chi connectivity index (χ3v) is 6.62. The zero-order valence-electron chi connectivity index (χ0n) is 20.4. The predicted octanol–water partition coefficient (Wildman–Crippen LogP) is 5.78. The molecule has 1 unspecified atom stereocenters. The summed E-state index contributed by atoms with van der Waals surface area (Å²) in [5.74, 6) is -0.0339. The maximum Gasteiger partial charge on any atom is 0.326 e. The normalized spacial score (nSPS) is 15.1. The number of carbonyl (C=O) groups is 2. The van der Waals surface area contributed by atoms with Crippen molar-refractivity contribution >= 4 is 46.5 Å². The molecule has 1 aliphatic rings. The van der Waals surface area contributed by atoms with Gasteiger partial charge < -0.3 is 10.6 Å². The number of carbonyl (C=O) groups excluding carboxylic acids is 2. The Kier molecular flexibility index (Phi) is 8.67. The standard InChI is InChI=1S/C28H27Cl2N5O2/c1-19(36)32-25-9-10-34(18-25)11-12-35(28(37)33-26-15-23(29)14-24(30)16-26)27-7-5-21(6-8-27)22-4-2-3-20(13-22)17-31/h2-8,13-16,25H,9-12,18H2,1H3,(H,32,36)(H,33,37). The van der Waals surface area contributed by atoms with Gasteiger partial charge in [-0.15, -0.1) is 0 Å². The molecule has 0 bridgehead atoms. The minimum atomic E-state index is -0.310. The fourth-order valence-corrected chi connectivity index (χ4v) is 4.98. The number of nitrogens with zero attached hydrogens (tertiary/aromatic N) is 3.